The molecule has 1 aromatic carbocycles. The molecule has 3 N–H and O–H groups in total. The van der Waals surface area contributed by atoms with Crippen LogP contribution >= 0.6 is 24.0 Å². The maximum absolute atomic E-state index is 12.3. The van der Waals surface area contributed by atoms with Crippen LogP contribution in [0, 0.1) is 0 Å². The maximum Gasteiger partial charge on any atom is 0.263 e. The van der Waals surface area contributed by atoms with Gasteiger partial charge in [-0.3, -0.25) is 9.71 Å². The third-order valence-electron chi connectivity index (χ3n) is 2.62. The molecule has 0 aliphatic rings. The first-order chi connectivity index (χ1) is 9.92. The van der Waals surface area contributed by atoms with E-state index in [-0.39, 0.29) is 9.88 Å². The molecule has 0 spiro atoms. The summed E-state index contributed by atoms with van der Waals surface area (Å²) in [5, 5.41) is 0. The fraction of sp³-hybridized carbons (Fsp3) is 0.0769. The molecule has 0 unspecified atom stereocenters. The molecule has 110 valence electrons. The van der Waals surface area contributed by atoms with Gasteiger partial charge in [-0.15, -0.1) is 11.8 Å². The van der Waals surface area contributed by atoms with Crippen LogP contribution in [0.2, 0.25) is 0 Å². The summed E-state index contributed by atoms with van der Waals surface area (Å²) in [6.07, 6.45) is 3.15. The lowest BCUT2D eigenvalue weighted by Crippen LogP contribution is -2.15. The molecule has 0 fully saturated rings. The van der Waals surface area contributed by atoms with Crippen LogP contribution in [0.25, 0.3) is 0 Å². The van der Waals surface area contributed by atoms with Crippen molar-refractivity contribution in [2.75, 3.05) is 11.0 Å². The maximum atomic E-state index is 12.3. The van der Waals surface area contributed by atoms with Crippen LogP contribution in [0.1, 0.15) is 5.69 Å². The first kappa shape index (κ1) is 15.7. The largest absolute Gasteiger partial charge is 0.388 e. The fourth-order valence-electron chi connectivity index (χ4n) is 1.59. The van der Waals surface area contributed by atoms with Crippen molar-refractivity contribution in [3.8, 4) is 0 Å². The second kappa shape index (κ2) is 6.42. The molecule has 0 saturated carbocycles. The first-order valence-corrected chi connectivity index (χ1v) is 8.97. The number of pyridine rings is 1. The first-order valence-electron chi connectivity index (χ1n) is 5.85. The van der Waals surface area contributed by atoms with E-state index < -0.39 is 10.0 Å². The van der Waals surface area contributed by atoms with Gasteiger partial charge in [0, 0.05) is 16.8 Å². The summed E-state index contributed by atoms with van der Waals surface area (Å²) in [7, 11) is -3.69. The zero-order chi connectivity index (χ0) is 15.5. The van der Waals surface area contributed by atoms with Crippen molar-refractivity contribution in [2.45, 2.75) is 9.79 Å². The lowest BCUT2D eigenvalue weighted by atomic mass is 10.3. The van der Waals surface area contributed by atoms with Gasteiger partial charge in [0.2, 0.25) is 0 Å². The summed E-state index contributed by atoms with van der Waals surface area (Å²) < 4.78 is 27.0. The molecule has 0 bridgehead atoms. The molecule has 21 heavy (non-hydrogen) atoms. The van der Waals surface area contributed by atoms with Gasteiger partial charge in [-0.1, -0.05) is 18.3 Å². The zero-order valence-electron chi connectivity index (χ0n) is 11.1. The van der Waals surface area contributed by atoms with E-state index in [0.29, 0.717) is 11.4 Å². The Morgan fingerprint density at radius 3 is 2.67 bits per heavy atom. The second-order valence-electron chi connectivity index (χ2n) is 4.08. The molecule has 1 heterocycles. The van der Waals surface area contributed by atoms with Crippen LogP contribution in [0.3, 0.4) is 0 Å². The lowest BCUT2D eigenvalue weighted by Gasteiger charge is -2.09. The van der Waals surface area contributed by atoms with E-state index in [2.05, 4.69) is 9.71 Å². The Hall–Kier alpha value is -1.64. The highest BCUT2D eigenvalue weighted by Crippen LogP contribution is 2.21. The Morgan fingerprint density at radius 2 is 2.10 bits per heavy atom. The minimum Gasteiger partial charge on any atom is -0.388 e. The Morgan fingerprint density at radius 1 is 1.33 bits per heavy atom. The van der Waals surface area contributed by atoms with Crippen LogP contribution in [-0.2, 0) is 10.0 Å². The van der Waals surface area contributed by atoms with Gasteiger partial charge in [0.25, 0.3) is 10.0 Å². The number of thioether (sulfide) groups is 1. The zero-order valence-corrected chi connectivity index (χ0v) is 13.6. The van der Waals surface area contributed by atoms with E-state index in [0.717, 1.165) is 4.90 Å². The van der Waals surface area contributed by atoms with E-state index in [9.17, 15) is 8.42 Å². The van der Waals surface area contributed by atoms with Crippen LogP contribution in [0.15, 0.2) is 52.4 Å². The molecule has 2 rings (SSSR count). The molecule has 0 radical (unpaired) electrons. The van der Waals surface area contributed by atoms with Crippen molar-refractivity contribution in [1.29, 1.82) is 0 Å². The Balaban J connectivity index is 2.27. The highest BCUT2D eigenvalue weighted by atomic mass is 32.2. The number of anilines is 1. The van der Waals surface area contributed by atoms with Crippen molar-refractivity contribution >= 4 is 44.7 Å². The third-order valence-corrected chi connectivity index (χ3v) is 4.92. The summed E-state index contributed by atoms with van der Waals surface area (Å²) >= 11 is 6.31. The predicted molar refractivity (Wildman–Crippen MR) is 89.2 cm³/mol. The summed E-state index contributed by atoms with van der Waals surface area (Å²) in [5.74, 6) is 0. The Kier molecular flexibility index (Phi) is 4.81. The fourth-order valence-corrected chi connectivity index (χ4v) is 3.16. The molecular formula is C13H13N3O2S3. The van der Waals surface area contributed by atoms with Crippen LogP contribution in [-0.4, -0.2) is 24.6 Å². The van der Waals surface area contributed by atoms with Crippen molar-refractivity contribution in [3.63, 3.8) is 0 Å². The average Bonchev–Trinajstić information content (AvgIpc) is 2.47. The summed E-state index contributed by atoms with van der Waals surface area (Å²) in [6.45, 7) is 0. The highest BCUT2D eigenvalue weighted by molar-refractivity contribution is 7.98. The van der Waals surface area contributed by atoms with Crippen molar-refractivity contribution < 1.29 is 8.42 Å². The number of aromatic nitrogens is 1. The minimum atomic E-state index is -3.69. The highest BCUT2D eigenvalue weighted by Gasteiger charge is 2.15. The normalized spacial score (nSPS) is 11.1. The lowest BCUT2D eigenvalue weighted by molar-refractivity contribution is 0.601. The SMILES string of the molecule is CSc1cccc(NS(=O)(=O)c2ccc(C(N)=S)nc2)c1. The van der Waals surface area contributed by atoms with Crippen molar-refractivity contribution in [2.24, 2.45) is 5.73 Å². The van der Waals surface area contributed by atoms with Gasteiger partial charge < -0.3 is 5.73 Å². The second-order valence-corrected chi connectivity index (χ2v) is 7.08. The smallest absolute Gasteiger partial charge is 0.263 e. The number of thiocarbonyl (C=S) groups is 1. The van der Waals surface area contributed by atoms with E-state index in [1.807, 2.05) is 12.3 Å². The van der Waals surface area contributed by atoms with Crippen molar-refractivity contribution in [1.82, 2.24) is 4.98 Å². The number of hydrogen-bond acceptors (Lipinski definition) is 5. The summed E-state index contributed by atoms with van der Waals surface area (Å²) in [6, 6.07) is 10.0. The number of rotatable bonds is 5. The Bertz CT molecular complexity index is 758. The number of nitrogens with zero attached hydrogens (tertiary/aromatic N) is 1. The number of benzene rings is 1. The van der Waals surface area contributed by atoms with E-state index in [1.54, 1.807) is 18.2 Å². The monoisotopic (exact) mass is 339 g/mol. The summed E-state index contributed by atoms with van der Waals surface area (Å²) in [4.78, 5) is 5.08. The summed E-state index contributed by atoms with van der Waals surface area (Å²) in [5.41, 5.74) is 6.31. The third kappa shape index (κ3) is 3.93. The molecule has 0 aliphatic heterocycles. The van der Waals surface area contributed by atoms with Gasteiger partial charge in [0.05, 0.1) is 5.69 Å². The quantitative estimate of drug-likeness (QED) is 0.642. The van der Waals surface area contributed by atoms with Crippen LogP contribution in [0.4, 0.5) is 5.69 Å². The molecule has 5 nitrogen and oxygen atoms in total. The molecule has 0 amide bonds. The number of nitrogens with two attached hydrogens (primary N) is 1. The molecule has 8 heteroatoms. The Labute approximate surface area is 133 Å². The number of hydrogen-bond donors (Lipinski definition) is 2. The molecule has 2 aromatic rings. The van der Waals surface area contributed by atoms with Gasteiger partial charge in [0.15, 0.2) is 0 Å². The average molecular weight is 339 g/mol. The van der Waals surface area contributed by atoms with Crippen LogP contribution in [0.5, 0.6) is 0 Å². The van der Waals surface area contributed by atoms with Gasteiger partial charge in [-0.25, -0.2) is 8.42 Å². The van der Waals surface area contributed by atoms with Gasteiger partial charge >= 0.3 is 0 Å². The van der Waals surface area contributed by atoms with Gasteiger partial charge in [0.1, 0.15) is 9.88 Å². The van der Waals surface area contributed by atoms with E-state index >= 15 is 0 Å². The number of nitrogens with one attached hydrogen (secondary N) is 1. The molecule has 0 atom stereocenters. The van der Waals surface area contributed by atoms with Crippen LogP contribution < -0.4 is 10.5 Å². The standard InChI is InChI=1S/C13H13N3O2S3/c1-20-10-4-2-3-9(7-10)16-21(17,18)11-5-6-12(13(14)19)15-8-11/h2-8,16H,1H3,(H2,14,19). The topological polar surface area (TPSA) is 85.1 Å². The molecular weight excluding hydrogens is 326 g/mol. The van der Waals surface area contributed by atoms with E-state index in [1.165, 1.54) is 30.1 Å². The predicted octanol–water partition coefficient (Wildman–Crippen LogP) is 2.24. The minimum absolute atomic E-state index is 0.0528. The molecule has 1 aromatic heterocycles. The van der Waals surface area contributed by atoms with E-state index in [4.69, 9.17) is 18.0 Å². The molecule has 0 saturated heterocycles. The molecule has 0 aliphatic carbocycles. The van der Waals surface area contributed by atoms with Crippen molar-refractivity contribution in [3.05, 3.63) is 48.3 Å². The van der Waals surface area contributed by atoms with Gasteiger partial charge in [-0.05, 0) is 36.6 Å². The number of sulfonamides is 1. The van der Waals surface area contributed by atoms with Gasteiger partial charge in [-0.2, -0.15) is 0 Å².